The lowest BCUT2D eigenvalue weighted by atomic mass is 10.1. The zero-order valence-corrected chi connectivity index (χ0v) is 10.7. The van der Waals surface area contributed by atoms with Crippen molar-refractivity contribution in [3.05, 3.63) is 59.4 Å². The maximum absolute atomic E-state index is 10.4. The summed E-state index contributed by atoms with van der Waals surface area (Å²) in [5, 5.41) is 8.57. The normalized spacial score (nSPS) is 13.7. The molecule has 5 heteroatoms. The molecule has 0 fully saturated rings. The number of fused-ring (bicyclic) bond motifs is 1. The summed E-state index contributed by atoms with van der Waals surface area (Å²) in [5.41, 5.74) is 3.27. The molecule has 20 heavy (non-hydrogen) atoms. The van der Waals surface area contributed by atoms with Crippen molar-refractivity contribution in [2.45, 2.75) is 13.1 Å². The third kappa shape index (κ3) is 2.51. The summed E-state index contributed by atoms with van der Waals surface area (Å²) < 4.78 is 0. The third-order valence-electron chi connectivity index (χ3n) is 3.20. The summed E-state index contributed by atoms with van der Waals surface area (Å²) in [7, 11) is 0. The predicted octanol–water partition coefficient (Wildman–Crippen LogP) is 2.09. The lowest BCUT2D eigenvalue weighted by Gasteiger charge is -2.14. The molecule has 2 heterocycles. The van der Waals surface area contributed by atoms with Gasteiger partial charge in [-0.25, -0.2) is 14.8 Å². The number of aliphatic carboxylic acids is 1. The lowest BCUT2D eigenvalue weighted by molar-refractivity contribution is -0.131. The van der Waals surface area contributed by atoms with E-state index in [1.54, 1.807) is 12.4 Å². The number of carbonyl (C=O) groups is 1. The van der Waals surface area contributed by atoms with Gasteiger partial charge in [0.1, 0.15) is 0 Å². The Balaban J connectivity index is 1.75. The number of hydrogen-bond acceptors (Lipinski definition) is 4. The Kier molecular flexibility index (Phi) is 3.16. The van der Waals surface area contributed by atoms with Crippen LogP contribution in [-0.2, 0) is 17.9 Å². The Morgan fingerprint density at radius 1 is 1.15 bits per heavy atom. The molecule has 0 radical (unpaired) electrons. The van der Waals surface area contributed by atoms with Gasteiger partial charge in [0, 0.05) is 37.1 Å². The highest BCUT2D eigenvalue weighted by Gasteiger charge is 2.20. The molecule has 0 amide bonds. The van der Waals surface area contributed by atoms with E-state index in [-0.39, 0.29) is 0 Å². The first-order chi connectivity index (χ1) is 9.72. The Morgan fingerprint density at radius 3 is 2.30 bits per heavy atom. The molecular weight excluding hydrogens is 254 g/mol. The zero-order chi connectivity index (χ0) is 13.9. The number of carboxylic acid groups (broad SMARTS) is 1. The van der Waals surface area contributed by atoms with Crippen molar-refractivity contribution >= 4 is 18.0 Å². The van der Waals surface area contributed by atoms with Crippen LogP contribution in [0, 0.1) is 0 Å². The first-order valence-electron chi connectivity index (χ1n) is 6.27. The summed E-state index contributed by atoms with van der Waals surface area (Å²) in [6.07, 6.45) is 5.81. The van der Waals surface area contributed by atoms with Crippen molar-refractivity contribution in [3.8, 4) is 0 Å². The number of anilines is 1. The highest BCUT2D eigenvalue weighted by atomic mass is 16.4. The van der Waals surface area contributed by atoms with Gasteiger partial charge in [0.25, 0.3) is 0 Å². The monoisotopic (exact) mass is 267 g/mol. The number of aromatic nitrogens is 2. The summed E-state index contributed by atoms with van der Waals surface area (Å²) >= 11 is 0. The molecule has 1 aromatic heterocycles. The van der Waals surface area contributed by atoms with Gasteiger partial charge in [-0.05, 0) is 17.2 Å². The fourth-order valence-electron chi connectivity index (χ4n) is 2.22. The summed E-state index contributed by atoms with van der Waals surface area (Å²) in [4.78, 5) is 21.1. The van der Waals surface area contributed by atoms with Crippen LogP contribution in [0.15, 0.2) is 42.7 Å². The molecule has 1 aliphatic heterocycles. The molecule has 5 nitrogen and oxygen atoms in total. The van der Waals surface area contributed by atoms with Crippen molar-refractivity contribution in [1.29, 1.82) is 0 Å². The SMILES string of the molecule is O=C(O)/C=C/c1cnc(N2Cc3ccccc3C2)nc1. The van der Waals surface area contributed by atoms with Gasteiger partial charge in [-0.2, -0.15) is 0 Å². The first-order valence-corrected chi connectivity index (χ1v) is 6.27. The van der Waals surface area contributed by atoms with Gasteiger partial charge in [0.15, 0.2) is 0 Å². The molecular formula is C15H13N3O2. The van der Waals surface area contributed by atoms with Crippen molar-refractivity contribution in [3.63, 3.8) is 0 Å². The molecule has 0 aliphatic carbocycles. The molecule has 0 atom stereocenters. The van der Waals surface area contributed by atoms with Crippen LogP contribution in [0.2, 0.25) is 0 Å². The zero-order valence-electron chi connectivity index (χ0n) is 10.7. The molecule has 0 saturated heterocycles. The van der Waals surface area contributed by atoms with Crippen molar-refractivity contribution < 1.29 is 9.90 Å². The molecule has 1 N–H and O–H groups in total. The van der Waals surface area contributed by atoms with Gasteiger partial charge in [0.05, 0.1) is 0 Å². The maximum Gasteiger partial charge on any atom is 0.328 e. The van der Waals surface area contributed by atoms with Gasteiger partial charge in [-0.1, -0.05) is 24.3 Å². The standard InChI is InChI=1S/C15H13N3O2/c19-14(20)6-5-11-7-16-15(17-8-11)18-9-12-3-1-2-4-13(12)10-18/h1-8H,9-10H2,(H,19,20)/b6-5+. The molecule has 1 aliphatic rings. The van der Waals surface area contributed by atoms with E-state index in [2.05, 4.69) is 27.0 Å². The Hall–Kier alpha value is -2.69. The minimum absolute atomic E-state index is 0.661. The predicted molar refractivity (Wildman–Crippen MR) is 75.0 cm³/mol. The van der Waals surface area contributed by atoms with E-state index < -0.39 is 5.97 Å². The van der Waals surface area contributed by atoms with Crippen LogP contribution in [0.5, 0.6) is 0 Å². The van der Waals surface area contributed by atoms with E-state index in [1.165, 1.54) is 17.2 Å². The van der Waals surface area contributed by atoms with Crippen LogP contribution in [0.25, 0.3) is 6.08 Å². The van der Waals surface area contributed by atoms with E-state index in [0.717, 1.165) is 19.2 Å². The highest BCUT2D eigenvalue weighted by molar-refractivity contribution is 5.85. The quantitative estimate of drug-likeness (QED) is 0.863. The van der Waals surface area contributed by atoms with Crippen LogP contribution in [-0.4, -0.2) is 21.0 Å². The number of nitrogens with zero attached hydrogens (tertiary/aromatic N) is 3. The van der Waals surface area contributed by atoms with Crippen LogP contribution in [0.1, 0.15) is 16.7 Å². The minimum atomic E-state index is -0.982. The lowest BCUT2D eigenvalue weighted by Crippen LogP contribution is -2.17. The fraction of sp³-hybridized carbons (Fsp3) is 0.133. The van der Waals surface area contributed by atoms with E-state index >= 15 is 0 Å². The molecule has 0 saturated carbocycles. The van der Waals surface area contributed by atoms with Gasteiger partial charge < -0.3 is 10.0 Å². The highest BCUT2D eigenvalue weighted by Crippen LogP contribution is 2.25. The average molecular weight is 267 g/mol. The van der Waals surface area contributed by atoms with Crippen LogP contribution < -0.4 is 4.90 Å². The average Bonchev–Trinajstić information content (AvgIpc) is 2.89. The molecule has 1 aromatic carbocycles. The molecule has 0 bridgehead atoms. The van der Waals surface area contributed by atoms with E-state index in [9.17, 15) is 4.79 Å². The molecule has 0 unspecified atom stereocenters. The summed E-state index contributed by atoms with van der Waals surface area (Å²) in [5.74, 6) is -0.322. The Bertz CT molecular complexity index is 640. The molecule has 0 spiro atoms. The second-order valence-electron chi connectivity index (χ2n) is 4.61. The molecule has 2 aromatic rings. The van der Waals surface area contributed by atoms with Gasteiger partial charge in [0.2, 0.25) is 5.95 Å². The maximum atomic E-state index is 10.4. The van der Waals surface area contributed by atoms with Crippen LogP contribution >= 0.6 is 0 Å². The van der Waals surface area contributed by atoms with Crippen LogP contribution in [0.4, 0.5) is 5.95 Å². The van der Waals surface area contributed by atoms with E-state index in [0.29, 0.717) is 11.5 Å². The first kappa shape index (κ1) is 12.3. The Morgan fingerprint density at radius 2 is 1.75 bits per heavy atom. The van der Waals surface area contributed by atoms with Gasteiger partial charge >= 0.3 is 5.97 Å². The fourth-order valence-corrected chi connectivity index (χ4v) is 2.22. The van der Waals surface area contributed by atoms with Gasteiger partial charge in [-0.3, -0.25) is 0 Å². The van der Waals surface area contributed by atoms with Crippen molar-refractivity contribution in [2.24, 2.45) is 0 Å². The second kappa shape index (κ2) is 5.13. The number of rotatable bonds is 3. The van der Waals surface area contributed by atoms with Crippen molar-refractivity contribution in [1.82, 2.24) is 9.97 Å². The smallest absolute Gasteiger partial charge is 0.328 e. The largest absolute Gasteiger partial charge is 0.478 e. The number of benzene rings is 1. The van der Waals surface area contributed by atoms with Crippen LogP contribution in [0.3, 0.4) is 0 Å². The minimum Gasteiger partial charge on any atom is -0.478 e. The topological polar surface area (TPSA) is 66.3 Å². The molecule has 100 valence electrons. The molecule has 3 rings (SSSR count). The second-order valence-corrected chi connectivity index (χ2v) is 4.61. The summed E-state index contributed by atoms with van der Waals surface area (Å²) in [6, 6.07) is 8.28. The van der Waals surface area contributed by atoms with Crippen molar-refractivity contribution in [2.75, 3.05) is 4.90 Å². The summed E-state index contributed by atoms with van der Waals surface area (Å²) in [6.45, 7) is 1.61. The van der Waals surface area contributed by atoms with Gasteiger partial charge in [-0.15, -0.1) is 0 Å². The third-order valence-corrected chi connectivity index (χ3v) is 3.20. The number of carboxylic acids is 1. The van der Waals surface area contributed by atoms with E-state index in [4.69, 9.17) is 5.11 Å². The Labute approximate surface area is 116 Å². The van der Waals surface area contributed by atoms with E-state index in [1.807, 2.05) is 12.1 Å². The number of hydrogen-bond donors (Lipinski definition) is 1.